The van der Waals surface area contributed by atoms with E-state index in [2.05, 4.69) is 15.2 Å². The van der Waals surface area contributed by atoms with Gasteiger partial charge in [-0.1, -0.05) is 11.6 Å². The van der Waals surface area contributed by atoms with Crippen LogP contribution in [0.15, 0.2) is 17.1 Å². The zero-order valence-corrected chi connectivity index (χ0v) is 16.5. The predicted molar refractivity (Wildman–Crippen MR) is 103 cm³/mol. The highest BCUT2D eigenvalue weighted by Crippen LogP contribution is 2.27. The van der Waals surface area contributed by atoms with Crippen LogP contribution in [0.25, 0.3) is 0 Å². The molecule has 0 radical (unpaired) electrons. The first kappa shape index (κ1) is 20.5. The summed E-state index contributed by atoms with van der Waals surface area (Å²) in [6, 6.07) is 3.65. The van der Waals surface area contributed by atoms with E-state index in [1.165, 1.54) is 11.3 Å². The van der Waals surface area contributed by atoms with Crippen molar-refractivity contribution < 1.29 is 14.6 Å². The summed E-state index contributed by atoms with van der Waals surface area (Å²) in [7, 11) is 1.68. The van der Waals surface area contributed by atoms with Crippen LogP contribution >= 0.6 is 22.9 Å². The van der Waals surface area contributed by atoms with Crippen molar-refractivity contribution in [3.63, 3.8) is 0 Å². The fraction of sp³-hybridized carbons (Fsp3) is 0.706. The largest absolute Gasteiger partial charge is 0.386 e. The van der Waals surface area contributed by atoms with E-state index in [0.717, 1.165) is 43.5 Å². The fourth-order valence-corrected chi connectivity index (χ4v) is 3.79. The molecule has 2 heterocycles. The average molecular weight is 390 g/mol. The van der Waals surface area contributed by atoms with Crippen LogP contribution in [0.3, 0.4) is 0 Å². The van der Waals surface area contributed by atoms with Crippen LogP contribution in [0, 0.1) is 5.92 Å². The highest BCUT2D eigenvalue weighted by Gasteiger charge is 2.25. The van der Waals surface area contributed by atoms with Gasteiger partial charge in [-0.3, -0.25) is 4.99 Å². The molecule has 2 unspecified atom stereocenters. The highest BCUT2D eigenvalue weighted by molar-refractivity contribution is 7.16. The fourth-order valence-electron chi connectivity index (χ4n) is 2.75. The smallest absolute Gasteiger partial charge is 0.194 e. The van der Waals surface area contributed by atoms with Crippen molar-refractivity contribution in [1.82, 2.24) is 10.2 Å². The number of halogens is 1. The molecule has 1 aliphatic rings. The summed E-state index contributed by atoms with van der Waals surface area (Å²) in [6.45, 7) is 7.05. The molecule has 0 spiro atoms. The Hall–Kier alpha value is -0.860. The number of aliphatic hydroxyl groups is 1. The van der Waals surface area contributed by atoms with Gasteiger partial charge in [0.05, 0.1) is 30.7 Å². The maximum absolute atomic E-state index is 10.3. The van der Waals surface area contributed by atoms with Gasteiger partial charge >= 0.3 is 0 Å². The van der Waals surface area contributed by atoms with Crippen molar-refractivity contribution in [3.8, 4) is 0 Å². The molecule has 6 nitrogen and oxygen atoms in total. The molecule has 1 fully saturated rings. The van der Waals surface area contributed by atoms with Crippen LogP contribution < -0.4 is 5.32 Å². The van der Waals surface area contributed by atoms with E-state index < -0.39 is 6.10 Å². The monoisotopic (exact) mass is 389 g/mol. The molecular weight excluding hydrogens is 362 g/mol. The van der Waals surface area contributed by atoms with E-state index in [1.54, 1.807) is 13.2 Å². The van der Waals surface area contributed by atoms with Gasteiger partial charge in [-0.15, -0.1) is 11.3 Å². The summed E-state index contributed by atoms with van der Waals surface area (Å²) < 4.78 is 11.3. The Balaban J connectivity index is 1.85. The number of nitrogens with one attached hydrogen (secondary N) is 1. The van der Waals surface area contributed by atoms with Crippen molar-refractivity contribution in [2.24, 2.45) is 10.9 Å². The Labute approximate surface area is 158 Å². The van der Waals surface area contributed by atoms with E-state index in [0.29, 0.717) is 30.0 Å². The molecule has 142 valence electrons. The number of hydrogen-bond donors (Lipinski definition) is 2. The normalized spacial score (nSPS) is 19.4. The Morgan fingerprint density at radius 1 is 1.52 bits per heavy atom. The first-order valence-electron chi connectivity index (χ1n) is 8.67. The lowest BCUT2D eigenvalue weighted by molar-refractivity contribution is 0.0536. The third-order valence-corrected chi connectivity index (χ3v) is 5.37. The standard InChI is InChI=1S/C17H28ClN3O3S/c1-3-19-17(20-10-14(22)15-4-5-16(18)25-15)21-7-6-13(11-21)12-24-9-8-23-2/h4-5,13-14,22H,3,6-12H2,1-2H3,(H,19,20). The Morgan fingerprint density at radius 3 is 3.04 bits per heavy atom. The van der Waals surface area contributed by atoms with Gasteiger partial charge in [0, 0.05) is 37.5 Å². The van der Waals surface area contributed by atoms with E-state index in [1.807, 2.05) is 13.0 Å². The predicted octanol–water partition coefficient (Wildman–Crippen LogP) is 2.39. The third kappa shape index (κ3) is 6.75. The van der Waals surface area contributed by atoms with Crippen LogP contribution in [-0.4, -0.2) is 69.1 Å². The van der Waals surface area contributed by atoms with Gasteiger partial charge in [-0.25, -0.2) is 0 Å². The molecule has 1 aromatic heterocycles. The quantitative estimate of drug-likeness (QED) is 0.385. The SMILES string of the molecule is CCNC(=NCC(O)c1ccc(Cl)s1)N1CCC(COCCOC)C1. The van der Waals surface area contributed by atoms with Crippen molar-refractivity contribution in [2.75, 3.05) is 53.1 Å². The number of thiophene rings is 1. The highest BCUT2D eigenvalue weighted by atomic mass is 35.5. The molecule has 0 saturated carbocycles. The second-order valence-corrected chi connectivity index (χ2v) is 7.77. The molecule has 2 N–H and O–H groups in total. The number of hydrogen-bond acceptors (Lipinski definition) is 5. The van der Waals surface area contributed by atoms with Crippen molar-refractivity contribution >= 4 is 28.9 Å². The number of nitrogens with zero attached hydrogens (tertiary/aromatic N) is 2. The van der Waals surface area contributed by atoms with Crippen LogP contribution in [0.2, 0.25) is 4.34 Å². The van der Waals surface area contributed by atoms with Crippen LogP contribution in [0.4, 0.5) is 0 Å². The number of aliphatic hydroxyl groups excluding tert-OH is 1. The van der Waals surface area contributed by atoms with Crippen molar-refractivity contribution in [2.45, 2.75) is 19.4 Å². The molecule has 0 aromatic carbocycles. The van der Waals surface area contributed by atoms with E-state index in [4.69, 9.17) is 21.1 Å². The lowest BCUT2D eigenvalue weighted by Gasteiger charge is -2.22. The Morgan fingerprint density at radius 2 is 2.36 bits per heavy atom. The minimum Gasteiger partial charge on any atom is -0.386 e. The number of rotatable bonds is 9. The van der Waals surface area contributed by atoms with Gasteiger partial charge in [0.15, 0.2) is 5.96 Å². The minimum absolute atomic E-state index is 0.324. The number of ether oxygens (including phenoxy) is 2. The molecule has 25 heavy (non-hydrogen) atoms. The molecular formula is C17H28ClN3O3S. The van der Waals surface area contributed by atoms with E-state index in [9.17, 15) is 5.11 Å². The van der Waals surface area contributed by atoms with Crippen molar-refractivity contribution in [1.29, 1.82) is 0 Å². The van der Waals surface area contributed by atoms with Gasteiger partial charge < -0.3 is 24.8 Å². The molecule has 1 aliphatic heterocycles. The summed E-state index contributed by atoms with van der Waals surface area (Å²) in [5, 5.41) is 13.6. The zero-order chi connectivity index (χ0) is 18.1. The molecule has 8 heteroatoms. The topological polar surface area (TPSA) is 66.3 Å². The summed E-state index contributed by atoms with van der Waals surface area (Å²) in [5.74, 6) is 1.35. The molecule has 1 saturated heterocycles. The third-order valence-electron chi connectivity index (χ3n) is 4.04. The van der Waals surface area contributed by atoms with Crippen molar-refractivity contribution in [3.05, 3.63) is 21.3 Å². The molecule has 2 rings (SSSR count). The van der Waals surface area contributed by atoms with Gasteiger partial charge in [0.2, 0.25) is 0 Å². The summed E-state index contributed by atoms with van der Waals surface area (Å²) in [4.78, 5) is 7.69. The second kappa shape index (κ2) is 11.0. The lowest BCUT2D eigenvalue weighted by Crippen LogP contribution is -2.40. The van der Waals surface area contributed by atoms with Crippen LogP contribution in [0.5, 0.6) is 0 Å². The molecule has 0 amide bonds. The van der Waals surface area contributed by atoms with E-state index in [-0.39, 0.29) is 0 Å². The maximum atomic E-state index is 10.3. The number of likely N-dealkylation sites (tertiary alicyclic amines) is 1. The van der Waals surface area contributed by atoms with Crippen LogP contribution in [-0.2, 0) is 9.47 Å². The summed E-state index contributed by atoms with van der Waals surface area (Å²) in [5.41, 5.74) is 0. The Kier molecular flexibility index (Phi) is 8.98. The van der Waals surface area contributed by atoms with Gasteiger partial charge in [-0.2, -0.15) is 0 Å². The van der Waals surface area contributed by atoms with E-state index >= 15 is 0 Å². The molecule has 0 bridgehead atoms. The molecule has 1 aromatic rings. The number of guanidine groups is 1. The Bertz CT molecular complexity index is 541. The molecule has 0 aliphatic carbocycles. The first-order chi connectivity index (χ1) is 12.1. The summed E-state index contributed by atoms with van der Waals surface area (Å²) >= 11 is 7.32. The minimum atomic E-state index is -0.623. The van der Waals surface area contributed by atoms with Gasteiger partial charge in [0.25, 0.3) is 0 Å². The number of aliphatic imine (C=N–C) groups is 1. The van der Waals surface area contributed by atoms with Gasteiger partial charge in [0.1, 0.15) is 6.10 Å². The van der Waals surface area contributed by atoms with Crippen LogP contribution in [0.1, 0.15) is 24.3 Å². The first-order valence-corrected chi connectivity index (χ1v) is 9.86. The average Bonchev–Trinajstić information content (AvgIpc) is 3.24. The van der Waals surface area contributed by atoms with Gasteiger partial charge in [-0.05, 0) is 25.5 Å². The molecule has 2 atom stereocenters. The zero-order valence-electron chi connectivity index (χ0n) is 14.9. The maximum Gasteiger partial charge on any atom is 0.194 e. The number of methoxy groups -OCH3 is 1. The second-order valence-electron chi connectivity index (χ2n) is 6.02. The lowest BCUT2D eigenvalue weighted by atomic mass is 10.1. The summed E-state index contributed by atoms with van der Waals surface area (Å²) in [6.07, 6.45) is 0.461.